The van der Waals surface area contributed by atoms with E-state index in [2.05, 4.69) is 13.8 Å². The van der Waals surface area contributed by atoms with Gasteiger partial charge in [-0.3, -0.25) is 9.59 Å². The first kappa shape index (κ1) is 26.3. The first-order chi connectivity index (χ1) is 16.6. The van der Waals surface area contributed by atoms with Gasteiger partial charge in [-0.15, -0.1) is 0 Å². The SMILES string of the molecule is CCOc1ccc([C@H]2C(=C(O)c3ccc(OCC(C)C)c(C)c3)C(=O)C(=O)N2CCN(C)C)cc1. The molecule has 0 unspecified atom stereocenters. The highest BCUT2D eigenvalue weighted by Gasteiger charge is 2.45. The van der Waals surface area contributed by atoms with Gasteiger partial charge >= 0.3 is 0 Å². The fourth-order valence-electron chi connectivity index (χ4n) is 4.05. The van der Waals surface area contributed by atoms with Gasteiger partial charge in [-0.1, -0.05) is 26.0 Å². The van der Waals surface area contributed by atoms with Crippen LogP contribution >= 0.6 is 0 Å². The van der Waals surface area contributed by atoms with Crippen molar-refractivity contribution >= 4 is 17.4 Å². The van der Waals surface area contributed by atoms with Crippen molar-refractivity contribution in [1.82, 2.24) is 9.80 Å². The molecule has 0 aliphatic carbocycles. The van der Waals surface area contributed by atoms with Crippen LogP contribution in [0.4, 0.5) is 0 Å². The van der Waals surface area contributed by atoms with E-state index in [0.717, 1.165) is 16.9 Å². The lowest BCUT2D eigenvalue weighted by atomic mass is 9.94. The van der Waals surface area contributed by atoms with E-state index in [1.54, 1.807) is 18.2 Å². The number of Topliss-reactive ketones (excluding diaryl/α,β-unsaturated/α-hetero) is 1. The normalized spacial score (nSPS) is 17.5. The molecule has 0 saturated carbocycles. The lowest BCUT2D eigenvalue weighted by molar-refractivity contribution is -0.140. The van der Waals surface area contributed by atoms with E-state index in [4.69, 9.17) is 9.47 Å². The summed E-state index contributed by atoms with van der Waals surface area (Å²) >= 11 is 0. The Kier molecular flexibility index (Phi) is 8.57. The van der Waals surface area contributed by atoms with Crippen LogP contribution < -0.4 is 9.47 Å². The summed E-state index contributed by atoms with van der Waals surface area (Å²) in [6.45, 7) is 10.0. The van der Waals surface area contributed by atoms with E-state index in [0.29, 0.717) is 43.5 Å². The second-order valence-corrected chi connectivity index (χ2v) is 9.48. The number of carbonyl (C=O) groups excluding carboxylic acids is 2. The monoisotopic (exact) mass is 480 g/mol. The molecule has 1 heterocycles. The topological polar surface area (TPSA) is 79.3 Å². The Morgan fingerprint density at radius 3 is 2.34 bits per heavy atom. The van der Waals surface area contributed by atoms with Crippen molar-refractivity contribution in [3.63, 3.8) is 0 Å². The number of aryl methyl sites for hydroxylation is 1. The van der Waals surface area contributed by atoms with Gasteiger partial charge in [0.15, 0.2) is 0 Å². The average Bonchev–Trinajstić information content (AvgIpc) is 3.06. The van der Waals surface area contributed by atoms with Crippen molar-refractivity contribution < 1.29 is 24.2 Å². The highest BCUT2D eigenvalue weighted by atomic mass is 16.5. The molecule has 35 heavy (non-hydrogen) atoms. The minimum atomic E-state index is -0.692. The third-order valence-electron chi connectivity index (χ3n) is 5.86. The predicted octanol–water partition coefficient (Wildman–Crippen LogP) is 4.41. The molecule has 0 aromatic heterocycles. The van der Waals surface area contributed by atoms with E-state index in [9.17, 15) is 14.7 Å². The molecule has 1 N–H and O–H groups in total. The minimum absolute atomic E-state index is 0.0909. The maximum Gasteiger partial charge on any atom is 0.295 e. The summed E-state index contributed by atoms with van der Waals surface area (Å²) in [5, 5.41) is 11.3. The van der Waals surface area contributed by atoms with Gasteiger partial charge in [0.05, 0.1) is 24.8 Å². The number of carbonyl (C=O) groups is 2. The number of hydrogen-bond acceptors (Lipinski definition) is 6. The number of ketones is 1. The molecule has 0 spiro atoms. The molecule has 1 fully saturated rings. The van der Waals surface area contributed by atoms with Gasteiger partial charge in [-0.05, 0) is 75.3 Å². The van der Waals surface area contributed by atoms with E-state index < -0.39 is 17.7 Å². The molecule has 1 saturated heterocycles. The number of nitrogens with zero attached hydrogens (tertiary/aromatic N) is 2. The van der Waals surface area contributed by atoms with E-state index in [1.165, 1.54) is 4.90 Å². The summed E-state index contributed by atoms with van der Waals surface area (Å²) in [7, 11) is 3.82. The van der Waals surface area contributed by atoms with Gasteiger partial charge in [0.25, 0.3) is 11.7 Å². The van der Waals surface area contributed by atoms with Gasteiger partial charge in [0.1, 0.15) is 17.3 Å². The second-order valence-electron chi connectivity index (χ2n) is 9.48. The minimum Gasteiger partial charge on any atom is -0.507 e. The van der Waals surface area contributed by atoms with Crippen molar-refractivity contribution in [3.8, 4) is 11.5 Å². The van der Waals surface area contributed by atoms with E-state index in [-0.39, 0.29) is 11.3 Å². The molecular formula is C28H36N2O5. The zero-order valence-corrected chi connectivity index (χ0v) is 21.5. The molecule has 1 aliphatic heterocycles. The summed E-state index contributed by atoms with van der Waals surface area (Å²) in [5.74, 6) is 0.334. The third kappa shape index (κ3) is 6.03. The fraction of sp³-hybridized carbons (Fsp3) is 0.429. The van der Waals surface area contributed by atoms with E-state index >= 15 is 0 Å². The van der Waals surface area contributed by atoms with Crippen LogP contribution in [-0.2, 0) is 9.59 Å². The number of hydrogen-bond donors (Lipinski definition) is 1. The predicted molar refractivity (Wildman–Crippen MR) is 137 cm³/mol. The molecule has 7 heteroatoms. The van der Waals surface area contributed by atoms with Crippen molar-refractivity contribution in [3.05, 3.63) is 64.7 Å². The first-order valence-corrected chi connectivity index (χ1v) is 12.0. The van der Waals surface area contributed by atoms with Crippen LogP contribution in [0.2, 0.25) is 0 Å². The number of likely N-dealkylation sites (tertiary alicyclic amines) is 1. The van der Waals surface area contributed by atoms with Crippen molar-refractivity contribution in [1.29, 1.82) is 0 Å². The van der Waals surface area contributed by atoms with Gasteiger partial charge in [-0.2, -0.15) is 0 Å². The Labute approximate surface area is 207 Å². The summed E-state index contributed by atoms with van der Waals surface area (Å²) in [6.07, 6.45) is 0. The van der Waals surface area contributed by atoms with Crippen LogP contribution in [0, 0.1) is 12.8 Å². The number of aliphatic hydroxyl groups is 1. The molecule has 2 aromatic rings. The van der Waals surface area contributed by atoms with Crippen molar-refractivity contribution in [2.75, 3.05) is 40.4 Å². The number of benzene rings is 2. The molecule has 1 amide bonds. The zero-order valence-electron chi connectivity index (χ0n) is 21.5. The highest BCUT2D eigenvalue weighted by molar-refractivity contribution is 6.46. The Balaban J connectivity index is 2.06. The second kappa shape index (κ2) is 11.4. The highest BCUT2D eigenvalue weighted by Crippen LogP contribution is 2.40. The van der Waals surface area contributed by atoms with E-state index in [1.807, 2.05) is 57.1 Å². The molecule has 3 rings (SSSR count). The number of rotatable bonds is 10. The van der Waals surface area contributed by atoms with Crippen molar-refractivity contribution in [2.24, 2.45) is 5.92 Å². The molecule has 0 radical (unpaired) electrons. The Morgan fingerprint density at radius 2 is 1.77 bits per heavy atom. The van der Waals surface area contributed by atoms with Gasteiger partial charge in [-0.25, -0.2) is 0 Å². The molecular weight excluding hydrogens is 444 g/mol. The largest absolute Gasteiger partial charge is 0.507 e. The Morgan fingerprint density at radius 1 is 1.09 bits per heavy atom. The number of likely N-dealkylation sites (N-methyl/N-ethyl adjacent to an activating group) is 1. The average molecular weight is 481 g/mol. The van der Waals surface area contributed by atoms with Crippen LogP contribution in [0.25, 0.3) is 5.76 Å². The molecule has 0 bridgehead atoms. The molecule has 1 aliphatic rings. The lowest BCUT2D eigenvalue weighted by Gasteiger charge is -2.26. The lowest BCUT2D eigenvalue weighted by Crippen LogP contribution is -2.35. The third-order valence-corrected chi connectivity index (χ3v) is 5.86. The molecule has 7 nitrogen and oxygen atoms in total. The number of ether oxygens (including phenoxy) is 2. The van der Waals surface area contributed by atoms with Crippen LogP contribution in [-0.4, -0.2) is 67.0 Å². The van der Waals surface area contributed by atoms with Crippen molar-refractivity contribution in [2.45, 2.75) is 33.7 Å². The van der Waals surface area contributed by atoms with Crippen LogP contribution in [0.3, 0.4) is 0 Å². The smallest absolute Gasteiger partial charge is 0.295 e. The van der Waals surface area contributed by atoms with Gasteiger partial charge < -0.3 is 24.4 Å². The summed E-state index contributed by atoms with van der Waals surface area (Å²) < 4.78 is 11.4. The Bertz CT molecular complexity index is 1090. The standard InChI is InChI=1S/C28H36N2O5/c1-7-34-22-11-8-20(9-12-22)25-24(27(32)28(33)30(25)15-14-29(5)6)26(31)21-10-13-23(19(4)16-21)35-17-18(2)3/h8-13,16,18,25,31H,7,14-15,17H2,1-6H3/t25-/m0/s1. The number of amides is 1. The Hall–Kier alpha value is -3.32. The fourth-order valence-corrected chi connectivity index (χ4v) is 4.05. The molecule has 1 atom stereocenters. The maximum atomic E-state index is 13.2. The van der Waals surface area contributed by atoms with Crippen LogP contribution in [0.1, 0.15) is 43.5 Å². The summed E-state index contributed by atoms with van der Waals surface area (Å²) in [4.78, 5) is 29.7. The molecule has 188 valence electrons. The van der Waals surface area contributed by atoms with Gasteiger partial charge in [0.2, 0.25) is 0 Å². The summed E-state index contributed by atoms with van der Waals surface area (Å²) in [5.41, 5.74) is 2.14. The maximum absolute atomic E-state index is 13.2. The van der Waals surface area contributed by atoms with Crippen LogP contribution in [0.5, 0.6) is 11.5 Å². The summed E-state index contributed by atoms with van der Waals surface area (Å²) in [6, 6.07) is 11.9. The van der Waals surface area contributed by atoms with Crippen LogP contribution in [0.15, 0.2) is 48.0 Å². The zero-order chi connectivity index (χ0) is 25.7. The van der Waals surface area contributed by atoms with Gasteiger partial charge in [0, 0.05) is 18.7 Å². The molecule has 2 aromatic carbocycles. The quantitative estimate of drug-likeness (QED) is 0.308. The first-order valence-electron chi connectivity index (χ1n) is 12.0. The number of aliphatic hydroxyl groups excluding tert-OH is 1.